The highest BCUT2D eigenvalue weighted by Gasteiger charge is 2.14. The van der Waals surface area contributed by atoms with Gasteiger partial charge in [-0.2, -0.15) is 0 Å². The highest BCUT2D eigenvalue weighted by molar-refractivity contribution is 5.77. The molecule has 0 amide bonds. The van der Waals surface area contributed by atoms with Crippen LogP contribution in [0.3, 0.4) is 0 Å². The minimum atomic E-state index is -0.227. The molecule has 0 spiro atoms. The zero-order chi connectivity index (χ0) is 23.3. The number of hydrogen-bond donors (Lipinski definition) is 1. The van der Waals surface area contributed by atoms with Crippen molar-refractivity contribution in [1.29, 1.82) is 0 Å². The van der Waals surface area contributed by atoms with Gasteiger partial charge < -0.3 is 19.3 Å². The molecule has 174 valence electrons. The molecule has 0 aliphatic rings. The van der Waals surface area contributed by atoms with Crippen LogP contribution in [-0.4, -0.2) is 37.9 Å². The van der Waals surface area contributed by atoms with E-state index in [2.05, 4.69) is 6.92 Å². The number of unbranched alkanes of at least 4 members (excludes halogenated alkanes) is 1. The fourth-order valence-electron chi connectivity index (χ4n) is 3.43. The molecular formula is C26H34O6. The molecule has 32 heavy (non-hydrogen) atoms. The molecular weight excluding hydrogens is 408 g/mol. The maximum Gasteiger partial charge on any atom is 0.305 e. The molecule has 6 heteroatoms. The van der Waals surface area contributed by atoms with Crippen molar-refractivity contribution in [3.63, 3.8) is 0 Å². The van der Waals surface area contributed by atoms with E-state index in [0.29, 0.717) is 44.3 Å². The van der Waals surface area contributed by atoms with E-state index in [4.69, 9.17) is 14.2 Å². The topological polar surface area (TPSA) is 82.1 Å². The first-order chi connectivity index (χ1) is 15.5. The van der Waals surface area contributed by atoms with Crippen LogP contribution in [0.5, 0.6) is 11.5 Å². The molecule has 0 aromatic heterocycles. The molecule has 0 heterocycles. The summed E-state index contributed by atoms with van der Waals surface area (Å²) in [4.78, 5) is 22.8. The Kier molecular flexibility index (Phi) is 10.6. The number of benzene rings is 2. The Bertz CT molecular complexity index is 890. The molecule has 0 aliphatic heterocycles. The summed E-state index contributed by atoms with van der Waals surface area (Å²) >= 11 is 0. The van der Waals surface area contributed by atoms with Crippen molar-refractivity contribution in [2.75, 3.05) is 20.8 Å². The Morgan fingerprint density at radius 3 is 1.94 bits per heavy atom. The summed E-state index contributed by atoms with van der Waals surface area (Å²) in [5.74, 6) is 0.447. The summed E-state index contributed by atoms with van der Waals surface area (Å²) in [6.45, 7) is 2.71. The number of phenolic OH excluding ortho intramolecular Hbond substituents is 1. The second kappa shape index (κ2) is 13.4. The Morgan fingerprint density at radius 2 is 1.38 bits per heavy atom. The van der Waals surface area contributed by atoms with Crippen molar-refractivity contribution in [1.82, 2.24) is 0 Å². The van der Waals surface area contributed by atoms with Crippen LogP contribution in [0.25, 0.3) is 11.1 Å². The van der Waals surface area contributed by atoms with Gasteiger partial charge in [-0.3, -0.25) is 9.59 Å². The van der Waals surface area contributed by atoms with Gasteiger partial charge in [0, 0.05) is 24.0 Å². The fourth-order valence-corrected chi connectivity index (χ4v) is 3.43. The molecule has 0 unspecified atom stereocenters. The number of phenols is 1. The van der Waals surface area contributed by atoms with Gasteiger partial charge in [0.2, 0.25) is 0 Å². The zero-order valence-corrected chi connectivity index (χ0v) is 19.3. The fraction of sp³-hybridized carbons (Fsp3) is 0.462. The minimum absolute atomic E-state index is 0.175. The SMILES string of the molecule is CCCCOc1ccc(CCCC(=O)OC)cc1-c1cc(CCCC(=O)OC)ccc1O. The van der Waals surface area contributed by atoms with Crippen molar-refractivity contribution >= 4 is 11.9 Å². The van der Waals surface area contributed by atoms with Gasteiger partial charge in [0.25, 0.3) is 0 Å². The van der Waals surface area contributed by atoms with Gasteiger partial charge >= 0.3 is 11.9 Å². The lowest BCUT2D eigenvalue weighted by Gasteiger charge is -2.15. The molecule has 0 saturated carbocycles. The summed E-state index contributed by atoms with van der Waals surface area (Å²) in [5.41, 5.74) is 3.60. The number of esters is 2. The third-order valence-corrected chi connectivity index (χ3v) is 5.30. The summed E-state index contributed by atoms with van der Waals surface area (Å²) in [7, 11) is 2.78. The molecule has 2 aromatic rings. The van der Waals surface area contributed by atoms with Crippen LogP contribution < -0.4 is 4.74 Å². The maximum absolute atomic E-state index is 11.4. The average molecular weight is 443 g/mol. The minimum Gasteiger partial charge on any atom is -0.507 e. The molecule has 0 radical (unpaired) electrons. The van der Waals surface area contributed by atoms with Gasteiger partial charge in [-0.1, -0.05) is 25.5 Å². The Labute approximate surface area is 190 Å². The lowest BCUT2D eigenvalue weighted by atomic mass is 9.96. The molecule has 2 aromatic carbocycles. The number of hydrogen-bond acceptors (Lipinski definition) is 6. The van der Waals surface area contributed by atoms with E-state index in [1.54, 1.807) is 6.07 Å². The van der Waals surface area contributed by atoms with Gasteiger partial charge in [-0.15, -0.1) is 0 Å². The predicted octanol–water partition coefficient (Wildman–Crippen LogP) is 5.23. The van der Waals surface area contributed by atoms with E-state index in [-0.39, 0.29) is 17.7 Å². The van der Waals surface area contributed by atoms with Crippen molar-refractivity contribution in [2.24, 2.45) is 0 Å². The largest absolute Gasteiger partial charge is 0.507 e. The molecule has 1 N–H and O–H groups in total. The normalized spacial score (nSPS) is 10.6. The van der Waals surface area contributed by atoms with Crippen LogP contribution in [0.1, 0.15) is 56.6 Å². The number of methoxy groups -OCH3 is 2. The van der Waals surface area contributed by atoms with Crippen LogP contribution in [0.4, 0.5) is 0 Å². The van der Waals surface area contributed by atoms with Gasteiger partial charge in [-0.25, -0.2) is 0 Å². The molecule has 0 aliphatic carbocycles. The second-order valence-corrected chi connectivity index (χ2v) is 7.74. The molecule has 0 saturated heterocycles. The van der Waals surface area contributed by atoms with Crippen molar-refractivity contribution < 1.29 is 28.9 Å². The lowest BCUT2D eigenvalue weighted by Crippen LogP contribution is -2.02. The number of aromatic hydroxyl groups is 1. The van der Waals surface area contributed by atoms with Crippen LogP contribution in [0, 0.1) is 0 Å². The van der Waals surface area contributed by atoms with Crippen molar-refractivity contribution in [3.8, 4) is 22.6 Å². The van der Waals surface area contributed by atoms with Crippen LogP contribution in [-0.2, 0) is 31.9 Å². The lowest BCUT2D eigenvalue weighted by molar-refractivity contribution is -0.141. The number of ether oxygens (including phenoxy) is 3. The van der Waals surface area contributed by atoms with Gasteiger partial charge in [0.1, 0.15) is 11.5 Å². The number of carbonyl (C=O) groups is 2. The predicted molar refractivity (Wildman–Crippen MR) is 124 cm³/mol. The van der Waals surface area contributed by atoms with E-state index in [1.165, 1.54) is 14.2 Å². The Hall–Kier alpha value is -3.02. The van der Waals surface area contributed by atoms with Crippen molar-refractivity contribution in [2.45, 2.75) is 58.3 Å². The van der Waals surface area contributed by atoms with E-state index < -0.39 is 0 Å². The van der Waals surface area contributed by atoms with Gasteiger partial charge in [-0.05, 0) is 67.5 Å². The molecule has 2 rings (SSSR count). The highest BCUT2D eigenvalue weighted by Crippen LogP contribution is 2.38. The smallest absolute Gasteiger partial charge is 0.305 e. The third-order valence-electron chi connectivity index (χ3n) is 5.30. The summed E-state index contributed by atoms with van der Waals surface area (Å²) < 4.78 is 15.4. The molecule has 0 atom stereocenters. The second-order valence-electron chi connectivity index (χ2n) is 7.74. The van der Waals surface area contributed by atoms with E-state index >= 15 is 0 Å². The van der Waals surface area contributed by atoms with Crippen LogP contribution in [0.15, 0.2) is 36.4 Å². The number of aryl methyl sites for hydroxylation is 2. The van der Waals surface area contributed by atoms with Crippen LogP contribution in [0.2, 0.25) is 0 Å². The summed E-state index contributed by atoms with van der Waals surface area (Å²) in [5, 5.41) is 10.6. The molecule has 6 nitrogen and oxygen atoms in total. The van der Waals surface area contributed by atoms with Crippen molar-refractivity contribution in [3.05, 3.63) is 47.5 Å². The maximum atomic E-state index is 11.4. The van der Waals surface area contributed by atoms with E-state index in [0.717, 1.165) is 41.7 Å². The average Bonchev–Trinajstić information content (AvgIpc) is 2.80. The van der Waals surface area contributed by atoms with Gasteiger partial charge in [0.05, 0.1) is 20.8 Å². The number of rotatable bonds is 13. The summed E-state index contributed by atoms with van der Waals surface area (Å²) in [6, 6.07) is 11.5. The third kappa shape index (κ3) is 7.91. The molecule has 0 bridgehead atoms. The first-order valence-electron chi connectivity index (χ1n) is 11.2. The first kappa shape index (κ1) is 25.2. The van der Waals surface area contributed by atoms with Gasteiger partial charge in [0.15, 0.2) is 0 Å². The number of carbonyl (C=O) groups excluding carboxylic acids is 2. The monoisotopic (exact) mass is 442 g/mol. The summed E-state index contributed by atoms with van der Waals surface area (Å²) in [6.07, 6.45) is 5.47. The zero-order valence-electron chi connectivity index (χ0n) is 19.3. The van der Waals surface area contributed by atoms with E-state index in [9.17, 15) is 14.7 Å². The Balaban J connectivity index is 2.27. The first-order valence-corrected chi connectivity index (χ1v) is 11.2. The quantitative estimate of drug-likeness (QED) is 0.338. The standard InChI is InChI=1S/C26H34O6/c1-4-5-16-32-24-15-13-20(9-7-11-26(29)31-3)18-22(24)21-17-19(12-14-23(21)27)8-6-10-25(28)30-2/h12-15,17-18,27H,4-11,16H2,1-3H3. The highest BCUT2D eigenvalue weighted by atomic mass is 16.5. The van der Waals surface area contributed by atoms with Crippen LogP contribution >= 0.6 is 0 Å². The van der Waals surface area contributed by atoms with E-state index in [1.807, 2.05) is 30.3 Å². The molecule has 0 fully saturated rings. The Morgan fingerprint density at radius 1 is 0.812 bits per heavy atom.